The van der Waals surface area contributed by atoms with E-state index in [-0.39, 0.29) is 5.91 Å². The van der Waals surface area contributed by atoms with Crippen LogP contribution >= 0.6 is 11.8 Å². The number of aryl methyl sites for hydroxylation is 1. The lowest BCUT2D eigenvalue weighted by molar-refractivity contribution is -0.114. The molecule has 3 aromatic rings. The van der Waals surface area contributed by atoms with Crippen LogP contribution in [-0.4, -0.2) is 20.7 Å². The van der Waals surface area contributed by atoms with Gasteiger partial charge < -0.3 is 5.32 Å². The summed E-state index contributed by atoms with van der Waals surface area (Å²) in [4.78, 5) is 11.2. The summed E-state index contributed by atoms with van der Waals surface area (Å²) in [5, 5.41) is 11.8. The Balaban J connectivity index is 1.79. The zero-order chi connectivity index (χ0) is 16.9. The lowest BCUT2D eigenvalue weighted by Crippen LogP contribution is -2.06. The van der Waals surface area contributed by atoms with Crippen LogP contribution in [0.1, 0.15) is 18.1 Å². The second kappa shape index (κ2) is 7.31. The molecule has 0 saturated heterocycles. The van der Waals surface area contributed by atoms with Gasteiger partial charge in [-0.1, -0.05) is 47.7 Å². The van der Waals surface area contributed by atoms with Crippen LogP contribution < -0.4 is 5.32 Å². The SMILES string of the molecule is CC(=O)Nc1cccc(-n2cnnc2SCc2cccc(C)c2)c1. The Kier molecular flexibility index (Phi) is 4.96. The number of rotatable bonds is 5. The van der Waals surface area contributed by atoms with E-state index in [2.05, 4.69) is 46.7 Å². The number of nitrogens with one attached hydrogen (secondary N) is 1. The van der Waals surface area contributed by atoms with Crippen molar-refractivity contribution in [3.8, 4) is 5.69 Å². The number of carbonyl (C=O) groups excluding carboxylic acids is 1. The molecule has 0 radical (unpaired) electrons. The molecule has 24 heavy (non-hydrogen) atoms. The molecule has 3 rings (SSSR count). The number of nitrogens with zero attached hydrogens (tertiary/aromatic N) is 3. The van der Waals surface area contributed by atoms with E-state index in [9.17, 15) is 4.79 Å². The third kappa shape index (κ3) is 4.02. The van der Waals surface area contributed by atoms with Crippen molar-refractivity contribution in [1.82, 2.24) is 14.8 Å². The van der Waals surface area contributed by atoms with Gasteiger partial charge in [-0.05, 0) is 30.7 Å². The van der Waals surface area contributed by atoms with Crippen molar-refractivity contribution >= 4 is 23.4 Å². The van der Waals surface area contributed by atoms with Gasteiger partial charge in [-0.3, -0.25) is 9.36 Å². The summed E-state index contributed by atoms with van der Waals surface area (Å²) in [6, 6.07) is 16.1. The molecule has 0 unspecified atom stereocenters. The third-order valence-corrected chi connectivity index (χ3v) is 4.43. The Morgan fingerprint density at radius 3 is 2.83 bits per heavy atom. The maximum atomic E-state index is 11.2. The molecule has 122 valence electrons. The van der Waals surface area contributed by atoms with E-state index in [1.54, 1.807) is 18.1 Å². The van der Waals surface area contributed by atoms with Crippen LogP contribution in [0, 0.1) is 6.92 Å². The van der Waals surface area contributed by atoms with Crippen molar-refractivity contribution in [2.45, 2.75) is 24.8 Å². The van der Waals surface area contributed by atoms with Crippen LogP contribution in [-0.2, 0) is 10.5 Å². The van der Waals surface area contributed by atoms with E-state index >= 15 is 0 Å². The summed E-state index contributed by atoms with van der Waals surface area (Å²) in [5.41, 5.74) is 4.17. The van der Waals surface area contributed by atoms with Gasteiger partial charge in [-0.2, -0.15) is 0 Å². The van der Waals surface area contributed by atoms with Crippen LogP contribution in [0.5, 0.6) is 0 Å². The molecule has 5 nitrogen and oxygen atoms in total. The lowest BCUT2D eigenvalue weighted by Gasteiger charge is -2.09. The molecule has 0 aliphatic rings. The van der Waals surface area contributed by atoms with E-state index in [1.807, 2.05) is 28.8 Å². The fourth-order valence-electron chi connectivity index (χ4n) is 2.39. The quantitative estimate of drug-likeness (QED) is 0.718. The molecule has 0 spiro atoms. The largest absolute Gasteiger partial charge is 0.326 e. The molecule has 1 heterocycles. The molecule has 0 fully saturated rings. The second-order valence-electron chi connectivity index (χ2n) is 5.49. The molecule has 0 atom stereocenters. The maximum Gasteiger partial charge on any atom is 0.221 e. The molecule has 2 aromatic carbocycles. The highest BCUT2D eigenvalue weighted by molar-refractivity contribution is 7.98. The number of amides is 1. The Labute approximate surface area is 145 Å². The maximum absolute atomic E-state index is 11.2. The Morgan fingerprint density at radius 1 is 1.21 bits per heavy atom. The summed E-state index contributed by atoms with van der Waals surface area (Å²) in [7, 11) is 0. The van der Waals surface area contributed by atoms with Gasteiger partial charge in [0, 0.05) is 18.4 Å². The Morgan fingerprint density at radius 2 is 2.04 bits per heavy atom. The molecule has 0 saturated carbocycles. The van der Waals surface area contributed by atoms with Crippen LogP contribution in [0.15, 0.2) is 60.0 Å². The molecule has 0 aliphatic heterocycles. The van der Waals surface area contributed by atoms with Gasteiger partial charge in [0.15, 0.2) is 5.16 Å². The van der Waals surface area contributed by atoms with Crippen molar-refractivity contribution in [1.29, 1.82) is 0 Å². The van der Waals surface area contributed by atoms with Gasteiger partial charge in [-0.15, -0.1) is 10.2 Å². The highest BCUT2D eigenvalue weighted by atomic mass is 32.2. The number of carbonyl (C=O) groups is 1. The molecular formula is C18H18N4OS. The Hall–Kier alpha value is -2.60. The summed E-state index contributed by atoms with van der Waals surface area (Å²) in [6.07, 6.45) is 1.69. The van der Waals surface area contributed by atoms with Crippen LogP contribution in [0.4, 0.5) is 5.69 Å². The molecular weight excluding hydrogens is 320 g/mol. The highest BCUT2D eigenvalue weighted by Crippen LogP contribution is 2.24. The summed E-state index contributed by atoms with van der Waals surface area (Å²) in [6.45, 7) is 3.58. The molecule has 1 aromatic heterocycles. The van der Waals surface area contributed by atoms with Crippen LogP contribution in [0.25, 0.3) is 5.69 Å². The van der Waals surface area contributed by atoms with Gasteiger partial charge in [0.1, 0.15) is 6.33 Å². The predicted octanol–water partition coefficient (Wildman–Crippen LogP) is 3.83. The Bertz CT molecular complexity index is 859. The normalized spacial score (nSPS) is 10.6. The fraction of sp³-hybridized carbons (Fsp3) is 0.167. The summed E-state index contributed by atoms with van der Waals surface area (Å²) >= 11 is 1.63. The predicted molar refractivity (Wildman–Crippen MR) is 96.4 cm³/mol. The van der Waals surface area contributed by atoms with Crippen molar-refractivity contribution in [3.63, 3.8) is 0 Å². The number of hydrogen-bond donors (Lipinski definition) is 1. The number of hydrogen-bond acceptors (Lipinski definition) is 4. The molecule has 0 bridgehead atoms. The topological polar surface area (TPSA) is 59.8 Å². The van der Waals surface area contributed by atoms with Crippen molar-refractivity contribution in [3.05, 3.63) is 66.0 Å². The van der Waals surface area contributed by atoms with Gasteiger partial charge in [-0.25, -0.2) is 0 Å². The fourth-order valence-corrected chi connectivity index (χ4v) is 3.26. The van der Waals surface area contributed by atoms with Crippen LogP contribution in [0.3, 0.4) is 0 Å². The van der Waals surface area contributed by atoms with E-state index < -0.39 is 0 Å². The first kappa shape index (κ1) is 16.3. The third-order valence-electron chi connectivity index (χ3n) is 3.41. The first-order valence-electron chi connectivity index (χ1n) is 7.58. The highest BCUT2D eigenvalue weighted by Gasteiger charge is 2.08. The monoisotopic (exact) mass is 338 g/mol. The number of aromatic nitrogens is 3. The molecule has 6 heteroatoms. The minimum absolute atomic E-state index is 0.0926. The zero-order valence-corrected chi connectivity index (χ0v) is 14.4. The van der Waals surface area contributed by atoms with E-state index in [1.165, 1.54) is 18.1 Å². The summed E-state index contributed by atoms with van der Waals surface area (Å²) in [5.74, 6) is 0.733. The molecule has 1 N–H and O–H groups in total. The van der Waals surface area contributed by atoms with Gasteiger partial charge >= 0.3 is 0 Å². The van der Waals surface area contributed by atoms with E-state index in [4.69, 9.17) is 0 Å². The second-order valence-corrected chi connectivity index (χ2v) is 6.44. The van der Waals surface area contributed by atoms with E-state index in [0.29, 0.717) is 0 Å². The van der Waals surface area contributed by atoms with Gasteiger partial charge in [0.05, 0.1) is 5.69 Å². The van der Waals surface area contributed by atoms with Gasteiger partial charge in [0.2, 0.25) is 5.91 Å². The average molecular weight is 338 g/mol. The van der Waals surface area contributed by atoms with Crippen molar-refractivity contribution in [2.75, 3.05) is 5.32 Å². The van der Waals surface area contributed by atoms with Crippen molar-refractivity contribution < 1.29 is 4.79 Å². The summed E-state index contributed by atoms with van der Waals surface area (Å²) < 4.78 is 1.92. The van der Waals surface area contributed by atoms with Gasteiger partial charge in [0.25, 0.3) is 0 Å². The number of anilines is 1. The number of thioether (sulfide) groups is 1. The molecule has 0 aliphatic carbocycles. The first-order chi connectivity index (χ1) is 11.6. The van der Waals surface area contributed by atoms with Crippen molar-refractivity contribution in [2.24, 2.45) is 0 Å². The van der Waals surface area contributed by atoms with E-state index in [0.717, 1.165) is 22.3 Å². The lowest BCUT2D eigenvalue weighted by atomic mass is 10.2. The molecule has 1 amide bonds. The first-order valence-corrected chi connectivity index (χ1v) is 8.57. The minimum Gasteiger partial charge on any atom is -0.326 e. The minimum atomic E-state index is -0.0926. The zero-order valence-electron chi connectivity index (χ0n) is 13.6. The smallest absolute Gasteiger partial charge is 0.221 e. The standard InChI is InChI=1S/C18H18N4OS/c1-13-5-3-6-15(9-13)11-24-18-21-19-12-22(18)17-8-4-7-16(10-17)20-14(2)23/h3-10,12H,11H2,1-2H3,(H,20,23). The van der Waals surface area contributed by atoms with Crippen LogP contribution in [0.2, 0.25) is 0 Å². The average Bonchev–Trinajstić information content (AvgIpc) is 3.01. The number of benzene rings is 2.